The van der Waals surface area contributed by atoms with Crippen molar-refractivity contribution in [3.8, 4) is 5.75 Å². The largest absolute Gasteiger partial charge is 0.468 e. The Balaban J connectivity index is 1.70. The third-order valence-corrected chi connectivity index (χ3v) is 4.42. The van der Waals surface area contributed by atoms with E-state index in [9.17, 15) is 13.6 Å². The van der Waals surface area contributed by atoms with Gasteiger partial charge in [0.1, 0.15) is 11.5 Å². The average Bonchev–Trinajstić information content (AvgIpc) is 3.26. The van der Waals surface area contributed by atoms with E-state index in [1.165, 1.54) is 12.1 Å². The van der Waals surface area contributed by atoms with Crippen molar-refractivity contribution >= 4 is 5.91 Å². The van der Waals surface area contributed by atoms with Crippen molar-refractivity contribution in [3.05, 3.63) is 89.9 Å². The minimum absolute atomic E-state index is 0.0656. The monoisotopic (exact) mass is 400 g/mol. The smallest absolute Gasteiger partial charge is 0.387 e. The Kier molecular flexibility index (Phi) is 6.97. The Labute approximate surface area is 167 Å². The van der Waals surface area contributed by atoms with E-state index in [1.807, 2.05) is 43.3 Å². The zero-order valence-corrected chi connectivity index (χ0v) is 15.8. The second-order valence-electron chi connectivity index (χ2n) is 6.48. The first-order chi connectivity index (χ1) is 14.0. The number of hydrogen-bond donors (Lipinski definition) is 2. The molecule has 2 atom stereocenters. The van der Waals surface area contributed by atoms with E-state index in [2.05, 4.69) is 15.4 Å². The molecule has 1 amide bonds. The number of carbonyl (C=O) groups excluding carboxylic acids is 1. The molecular formula is C22H22F2N2O3. The predicted octanol–water partition coefficient (Wildman–Crippen LogP) is 4.44. The van der Waals surface area contributed by atoms with Crippen LogP contribution in [0.5, 0.6) is 5.75 Å². The minimum Gasteiger partial charge on any atom is -0.468 e. The molecule has 0 saturated carbocycles. The molecule has 0 radical (unpaired) electrons. The number of halogens is 2. The van der Waals surface area contributed by atoms with Crippen molar-refractivity contribution in [2.75, 3.05) is 6.54 Å². The number of alkyl halides is 2. The molecule has 1 heterocycles. The molecule has 3 aromatic rings. The molecule has 0 spiro atoms. The molecule has 0 aliphatic carbocycles. The summed E-state index contributed by atoms with van der Waals surface area (Å²) >= 11 is 0. The molecule has 2 N–H and O–H groups in total. The van der Waals surface area contributed by atoms with Gasteiger partial charge in [-0.25, -0.2) is 0 Å². The van der Waals surface area contributed by atoms with Crippen molar-refractivity contribution in [2.45, 2.75) is 25.6 Å². The number of hydrogen-bond acceptors (Lipinski definition) is 4. The van der Waals surface area contributed by atoms with Crippen LogP contribution in [0.25, 0.3) is 0 Å². The molecule has 0 saturated heterocycles. The zero-order chi connectivity index (χ0) is 20.6. The number of furan rings is 1. The van der Waals surface area contributed by atoms with Crippen molar-refractivity contribution in [3.63, 3.8) is 0 Å². The number of carbonyl (C=O) groups is 1. The van der Waals surface area contributed by atoms with Gasteiger partial charge in [-0.05, 0) is 42.3 Å². The Morgan fingerprint density at radius 3 is 2.31 bits per heavy atom. The lowest BCUT2D eigenvalue weighted by molar-refractivity contribution is -0.120. The summed E-state index contributed by atoms with van der Waals surface area (Å²) in [4.78, 5) is 12.6. The van der Waals surface area contributed by atoms with Crippen LogP contribution < -0.4 is 15.4 Å². The second kappa shape index (κ2) is 9.84. The number of rotatable bonds is 9. The van der Waals surface area contributed by atoms with Gasteiger partial charge in [-0.2, -0.15) is 8.78 Å². The predicted molar refractivity (Wildman–Crippen MR) is 105 cm³/mol. The van der Waals surface area contributed by atoms with Crippen LogP contribution in [0.3, 0.4) is 0 Å². The summed E-state index contributed by atoms with van der Waals surface area (Å²) < 4.78 is 34.5. The molecule has 5 nitrogen and oxygen atoms in total. The number of nitrogens with one attached hydrogen (secondary N) is 2. The van der Waals surface area contributed by atoms with Crippen LogP contribution in [-0.2, 0) is 4.79 Å². The molecule has 0 fully saturated rings. The fourth-order valence-corrected chi connectivity index (χ4v) is 2.94. The van der Waals surface area contributed by atoms with Crippen LogP contribution in [0.15, 0.2) is 77.4 Å². The highest BCUT2D eigenvalue weighted by Gasteiger charge is 2.18. The van der Waals surface area contributed by atoms with Gasteiger partial charge in [0, 0.05) is 0 Å². The SMILES string of the molecule is C[C@@H](NCC(=O)N[C@H](c1ccccc1)c1ccc(OC(F)F)cc1)c1ccco1. The van der Waals surface area contributed by atoms with Crippen molar-refractivity contribution in [1.29, 1.82) is 0 Å². The number of benzene rings is 2. The third kappa shape index (κ3) is 5.89. The van der Waals surface area contributed by atoms with E-state index < -0.39 is 12.7 Å². The van der Waals surface area contributed by atoms with Crippen LogP contribution in [-0.4, -0.2) is 19.1 Å². The molecule has 1 aromatic heterocycles. The summed E-state index contributed by atoms with van der Waals surface area (Å²) in [6.07, 6.45) is 1.58. The van der Waals surface area contributed by atoms with Crippen LogP contribution in [0.4, 0.5) is 8.78 Å². The first kappa shape index (κ1) is 20.5. The van der Waals surface area contributed by atoms with E-state index in [0.717, 1.165) is 16.9 Å². The van der Waals surface area contributed by atoms with Gasteiger partial charge >= 0.3 is 6.61 Å². The Hall–Kier alpha value is -3.19. The summed E-state index contributed by atoms with van der Waals surface area (Å²) in [6.45, 7) is -0.881. The fourth-order valence-electron chi connectivity index (χ4n) is 2.94. The molecule has 3 rings (SSSR count). The van der Waals surface area contributed by atoms with Crippen LogP contribution in [0.1, 0.15) is 35.9 Å². The Morgan fingerprint density at radius 2 is 1.69 bits per heavy atom. The van der Waals surface area contributed by atoms with E-state index in [1.54, 1.807) is 24.5 Å². The molecule has 0 bridgehead atoms. The molecule has 0 unspecified atom stereocenters. The highest BCUT2D eigenvalue weighted by molar-refractivity contribution is 5.79. The summed E-state index contributed by atoms with van der Waals surface area (Å²) in [7, 11) is 0. The molecule has 7 heteroatoms. The molecule has 0 aliphatic heterocycles. The summed E-state index contributed by atoms with van der Waals surface area (Å²) in [5.74, 6) is 0.605. The van der Waals surface area contributed by atoms with Gasteiger partial charge in [-0.3, -0.25) is 10.1 Å². The first-order valence-electron chi connectivity index (χ1n) is 9.19. The van der Waals surface area contributed by atoms with Crippen molar-refractivity contribution < 1.29 is 22.7 Å². The molecule has 152 valence electrons. The van der Waals surface area contributed by atoms with Crippen molar-refractivity contribution in [2.24, 2.45) is 0 Å². The summed E-state index contributed by atoms with van der Waals surface area (Å²) in [6, 6.07) is 18.8. The maximum absolute atomic E-state index is 12.6. The fraction of sp³-hybridized carbons (Fsp3) is 0.227. The molecule has 29 heavy (non-hydrogen) atoms. The van der Waals surface area contributed by atoms with E-state index >= 15 is 0 Å². The van der Waals surface area contributed by atoms with E-state index in [0.29, 0.717) is 0 Å². The number of ether oxygens (including phenoxy) is 1. The normalized spacial score (nSPS) is 13.1. The van der Waals surface area contributed by atoms with Gasteiger partial charge < -0.3 is 14.5 Å². The number of amides is 1. The van der Waals surface area contributed by atoms with E-state index in [-0.39, 0.29) is 24.2 Å². The topological polar surface area (TPSA) is 63.5 Å². The van der Waals surface area contributed by atoms with E-state index in [4.69, 9.17) is 4.42 Å². The standard InChI is InChI=1S/C22H22F2N2O3/c1-15(19-8-5-13-28-19)25-14-20(27)26-21(16-6-3-2-4-7-16)17-9-11-18(12-10-17)29-22(23)24/h2-13,15,21-22,25H,14H2,1H3,(H,26,27)/t15-,21-/m1/s1. The van der Waals surface area contributed by atoms with Gasteiger partial charge in [-0.1, -0.05) is 42.5 Å². The second-order valence-corrected chi connectivity index (χ2v) is 6.48. The average molecular weight is 400 g/mol. The van der Waals surface area contributed by atoms with Gasteiger partial charge in [0.25, 0.3) is 0 Å². The van der Waals surface area contributed by atoms with Gasteiger partial charge in [0.05, 0.1) is 24.9 Å². The van der Waals surface area contributed by atoms with Crippen LogP contribution in [0.2, 0.25) is 0 Å². The quantitative estimate of drug-likeness (QED) is 0.558. The first-order valence-corrected chi connectivity index (χ1v) is 9.19. The van der Waals surface area contributed by atoms with Crippen LogP contribution in [0, 0.1) is 0 Å². The third-order valence-electron chi connectivity index (χ3n) is 4.42. The zero-order valence-electron chi connectivity index (χ0n) is 15.8. The van der Waals surface area contributed by atoms with Gasteiger partial charge in [0.2, 0.25) is 5.91 Å². The molecule has 2 aromatic carbocycles. The maximum Gasteiger partial charge on any atom is 0.387 e. The summed E-state index contributed by atoms with van der Waals surface area (Å²) in [5, 5.41) is 6.10. The molecule has 0 aliphatic rings. The van der Waals surface area contributed by atoms with Crippen LogP contribution >= 0.6 is 0 Å². The maximum atomic E-state index is 12.6. The Bertz CT molecular complexity index is 884. The molecular weight excluding hydrogens is 378 g/mol. The lowest BCUT2D eigenvalue weighted by atomic mass is 9.98. The lowest BCUT2D eigenvalue weighted by Gasteiger charge is -2.21. The Morgan fingerprint density at radius 1 is 1.00 bits per heavy atom. The highest BCUT2D eigenvalue weighted by Crippen LogP contribution is 2.25. The lowest BCUT2D eigenvalue weighted by Crippen LogP contribution is -2.37. The summed E-state index contributed by atoms with van der Waals surface area (Å²) in [5.41, 5.74) is 1.63. The van der Waals surface area contributed by atoms with Gasteiger partial charge in [-0.15, -0.1) is 0 Å². The highest BCUT2D eigenvalue weighted by atomic mass is 19.3. The minimum atomic E-state index is -2.88. The van der Waals surface area contributed by atoms with Crippen molar-refractivity contribution in [1.82, 2.24) is 10.6 Å². The van der Waals surface area contributed by atoms with Gasteiger partial charge in [0.15, 0.2) is 0 Å².